The van der Waals surface area contributed by atoms with E-state index in [1.807, 2.05) is 25.1 Å². The zero-order chi connectivity index (χ0) is 14.9. The molecule has 0 saturated carbocycles. The number of rotatable bonds is 3. The van der Waals surface area contributed by atoms with E-state index in [9.17, 15) is 8.42 Å². The highest BCUT2D eigenvalue weighted by Gasteiger charge is 2.35. The van der Waals surface area contributed by atoms with Gasteiger partial charge in [-0.25, -0.2) is 8.42 Å². The second-order valence-corrected chi connectivity index (χ2v) is 7.26. The molecule has 1 fully saturated rings. The largest absolute Gasteiger partial charge is 0.281 e. The molecule has 0 radical (unpaired) electrons. The first-order valence-electron chi connectivity index (χ1n) is 7.17. The maximum atomic E-state index is 13.0. The highest BCUT2D eigenvalue weighted by molar-refractivity contribution is 7.89. The molecule has 1 saturated heterocycles. The van der Waals surface area contributed by atoms with E-state index < -0.39 is 10.0 Å². The van der Waals surface area contributed by atoms with Gasteiger partial charge in [0.25, 0.3) is 0 Å². The highest BCUT2D eigenvalue weighted by Crippen LogP contribution is 2.35. The summed E-state index contributed by atoms with van der Waals surface area (Å²) in [5, 5.41) is 6.88. The van der Waals surface area contributed by atoms with Gasteiger partial charge in [0.2, 0.25) is 10.0 Å². The van der Waals surface area contributed by atoms with Crippen LogP contribution < -0.4 is 0 Å². The summed E-state index contributed by atoms with van der Waals surface area (Å²) in [6.45, 7) is 2.39. The minimum atomic E-state index is -3.48. The second-order valence-electron chi connectivity index (χ2n) is 5.40. The molecule has 1 atom stereocenters. The Morgan fingerprint density at radius 1 is 1.24 bits per heavy atom. The Bertz CT molecular complexity index is 710. The summed E-state index contributed by atoms with van der Waals surface area (Å²) in [5.74, 6) is 0. The average molecular weight is 305 g/mol. The molecular formula is C15H19N3O2S. The summed E-state index contributed by atoms with van der Waals surface area (Å²) >= 11 is 0. The normalized spacial score (nSPS) is 20.5. The van der Waals surface area contributed by atoms with Crippen LogP contribution in [0.4, 0.5) is 0 Å². The van der Waals surface area contributed by atoms with Crippen molar-refractivity contribution in [1.82, 2.24) is 14.5 Å². The molecule has 1 aromatic carbocycles. The molecule has 2 heterocycles. The van der Waals surface area contributed by atoms with Gasteiger partial charge >= 0.3 is 0 Å². The number of aryl methyl sites for hydroxylation is 1. The number of piperidine rings is 1. The van der Waals surface area contributed by atoms with Crippen LogP contribution in [0.1, 0.15) is 36.6 Å². The fraction of sp³-hybridized carbons (Fsp3) is 0.400. The van der Waals surface area contributed by atoms with Gasteiger partial charge in [0.1, 0.15) is 0 Å². The minimum Gasteiger partial charge on any atom is -0.281 e. The topological polar surface area (TPSA) is 66.1 Å². The number of nitrogens with zero attached hydrogens (tertiary/aromatic N) is 2. The summed E-state index contributed by atoms with van der Waals surface area (Å²) in [6, 6.07) is 8.86. The van der Waals surface area contributed by atoms with Crippen molar-refractivity contribution in [2.24, 2.45) is 0 Å². The zero-order valence-corrected chi connectivity index (χ0v) is 12.8. The lowest BCUT2D eigenvalue weighted by Crippen LogP contribution is -2.38. The Morgan fingerprint density at radius 3 is 2.76 bits per heavy atom. The van der Waals surface area contributed by atoms with Crippen molar-refractivity contribution in [2.75, 3.05) is 6.54 Å². The SMILES string of the molecule is Cc1ccccc1S(=O)(=O)N1CCCC[C@H]1c1ccn[nH]1. The standard InChI is InChI=1S/C15H19N3O2S/c1-12-6-2-3-8-15(12)21(19,20)18-11-5-4-7-14(18)13-9-10-16-17-13/h2-3,6,8-10,14H,4-5,7,11H2,1H3,(H,16,17)/t14-/m0/s1. The van der Waals surface area contributed by atoms with E-state index in [1.54, 1.807) is 22.6 Å². The molecule has 0 aliphatic carbocycles. The molecule has 1 aliphatic heterocycles. The van der Waals surface area contributed by atoms with Gasteiger partial charge in [0.05, 0.1) is 16.6 Å². The Balaban J connectivity index is 2.02. The van der Waals surface area contributed by atoms with E-state index in [-0.39, 0.29) is 6.04 Å². The van der Waals surface area contributed by atoms with E-state index >= 15 is 0 Å². The number of hydrogen-bond donors (Lipinski definition) is 1. The molecule has 0 bridgehead atoms. The summed E-state index contributed by atoms with van der Waals surface area (Å²) in [7, 11) is -3.48. The third kappa shape index (κ3) is 2.61. The summed E-state index contributed by atoms with van der Waals surface area (Å²) in [6.07, 6.45) is 4.43. The number of nitrogens with one attached hydrogen (secondary N) is 1. The van der Waals surface area contributed by atoms with Gasteiger partial charge in [-0.1, -0.05) is 24.6 Å². The lowest BCUT2D eigenvalue weighted by Gasteiger charge is -2.34. The molecule has 3 rings (SSSR count). The first-order valence-corrected chi connectivity index (χ1v) is 8.61. The van der Waals surface area contributed by atoms with Crippen LogP contribution in [0.25, 0.3) is 0 Å². The van der Waals surface area contributed by atoms with Crippen LogP contribution >= 0.6 is 0 Å². The Hall–Kier alpha value is -1.66. The van der Waals surface area contributed by atoms with Gasteiger partial charge in [-0.15, -0.1) is 0 Å². The van der Waals surface area contributed by atoms with Crippen molar-refractivity contribution in [3.63, 3.8) is 0 Å². The molecule has 6 heteroatoms. The number of benzene rings is 1. The first kappa shape index (κ1) is 14.3. The highest BCUT2D eigenvalue weighted by atomic mass is 32.2. The molecule has 0 unspecified atom stereocenters. The van der Waals surface area contributed by atoms with E-state index in [2.05, 4.69) is 10.2 Å². The Kier molecular flexibility index (Phi) is 3.82. The van der Waals surface area contributed by atoms with Crippen LogP contribution in [0.2, 0.25) is 0 Å². The number of aromatic nitrogens is 2. The van der Waals surface area contributed by atoms with E-state index in [1.165, 1.54) is 0 Å². The molecule has 0 spiro atoms. The molecule has 5 nitrogen and oxygen atoms in total. The van der Waals surface area contributed by atoms with Gasteiger partial charge in [-0.2, -0.15) is 9.40 Å². The van der Waals surface area contributed by atoms with E-state index in [0.29, 0.717) is 11.4 Å². The van der Waals surface area contributed by atoms with Crippen molar-refractivity contribution < 1.29 is 8.42 Å². The third-order valence-corrected chi connectivity index (χ3v) is 6.08. The molecule has 2 aromatic rings. The van der Waals surface area contributed by atoms with Gasteiger partial charge < -0.3 is 0 Å². The van der Waals surface area contributed by atoms with Crippen LogP contribution in [0, 0.1) is 6.92 Å². The Morgan fingerprint density at radius 2 is 2.05 bits per heavy atom. The summed E-state index contributed by atoms with van der Waals surface area (Å²) in [4.78, 5) is 0.399. The monoisotopic (exact) mass is 305 g/mol. The van der Waals surface area contributed by atoms with Crippen LogP contribution in [-0.4, -0.2) is 29.5 Å². The number of hydrogen-bond acceptors (Lipinski definition) is 3. The maximum Gasteiger partial charge on any atom is 0.243 e. The second kappa shape index (κ2) is 5.61. The smallest absolute Gasteiger partial charge is 0.243 e. The van der Waals surface area contributed by atoms with Crippen LogP contribution in [0.5, 0.6) is 0 Å². The molecule has 1 N–H and O–H groups in total. The van der Waals surface area contributed by atoms with Gasteiger partial charge in [-0.05, 0) is 37.5 Å². The molecule has 0 amide bonds. The van der Waals surface area contributed by atoms with Gasteiger partial charge in [-0.3, -0.25) is 5.10 Å². The van der Waals surface area contributed by atoms with Crippen LogP contribution in [-0.2, 0) is 10.0 Å². The van der Waals surface area contributed by atoms with Crippen LogP contribution in [0.15, 0.2) is 41.4 Å². The fourth-order valence-electron chi connectivity index (χ4n) is 2.93. The predicted molar refractivity (Wildman–Crippen MR) is 80.3 cm³/mol. The maximum absolute atomic E-state index is 13.0. The zero-order valence-electron chi connectivity index (χ0n) is 12.0. The van der Waals surface area contributed by atoms with Crippen molar-refractivity contribution in [3.8, 4) is 0 Å². The molecule has 1 aromatic heterocycles. The average Bonchev–Trinajstić information content (AvgIpc) is 3.01. The molecule has 112 valence electrons. The predicted octanol–water partition coefficient (Wildman–Crippen LogP) is 2.63. The van der Waals surface area contributed by atoms with Gasteiger partial charge in [0.15, 0.2) is 0 Å². The molecule has 21 heavy (non-hydrogen) atoms. The van der Waals surface area contributed by atoms with Crippen molar-refractivity contribution in [2.45, 2.75) is 37.1 Å². The van der Waals surface area contributed by atoms with Crippen LogP contribution in [0.3, 0.4) is 0 Å². The lowest BCUT2D eigenvalue weighted by atomic mass is 10.0. The van der Waals surface area contributed by atoms with E-state index in [4.69, 9.17) is 0 Å². The summed E-state index contributed by atoms with van der Waals surface area (Å²) < 4.78 is 27.6. The third-order valence-electron chi connectivity index (χ3n) is 4.02. The lowest BCUT2D eigenvalue weighted by molar-refractivity contribution is 0.251. The molecular weight excluding hydrogens is 286 g/mol. The first-order chi connectivity index (χ1) is 10.1. The van der Waals surface area contributed by atoms with Gasteiger partial charge in [0, 0.05) is 12.7 Å². The number of H-pyrrole nitrogens is 1. The van der Waals surface area contributed by atoms with Crippen molar-refractivity contribution in [1.29, 1.82) is 0 Å². The Labute approximate surface area is 125 Å². The minimum absolute atomic E-state index is 0.147. The number of sulfonamides is 1. The fourth-order valence-corrected chi connectivity index (χ4v) is 4.83. The number of aromatic amines is 1. The summed E-state index contributed by atoms with van der Waals surface area (Å²) in [5.41, 5.74) is 1.65. The van der Waals surface area contributed by atoms with E-state index in [0.717, 1.165) is 30.5 Å². The van der Waals surface area contributed by atoms with Crippen molar-refractivity contribution in [3.05, 3.63) is 47.8 Å². The van der Waals surface area contributed by atoms with Crippen molar-refractivity contribution >= 4 is 10.0 Å². The quantitative estimate of drug-likeness (QED) is 0.948. The molecule has 1 aliphatic rings.